The molecule has 0 radical (unpaired) electrons. The Kier molecular flexibility index (Phi) is 6.54. The first-order chi connectivity index (χ1) is 11.5. The average molecular weight is 395 g/mol. The number of hydrogen-bond donors (Lipinski definition) is 0. The third-order valence-corrected chi connectivity index (χ3v) is 4.15. The van der Waals surface area contributed by atoms with Gasteiger partial charge in [0.2, 0.25) is 5.91 Å². The van der Waals surface area contributed by atoms with Gasteiger partial charge < -0.3 is 14.5 Å². The molecule has 0 atom stereocenters. The second kappa shape index (κ2) is 8.63. The first-order valence-electron chi connectivity index (χ1n) is 7.70. The van der Waals surface area contributed by atoms with Gasteiger partial charge in [0.05, 0.1) is 6.61 Å². The Labute approximate surface area is 149 Å². The molecule has 1 heterocycles. The topological polar surface area (TPSA) is 66.9 Å². The van der Waals surface area contributed by atoms with Crippen molar-refractivity contribution in [1.29, 1.82) is 0 Å². The zero-order valence-corrected chi connectivity index (χ0v) is 15.0. The van der Waals surface area contributed by atoms with E-state index in [2.05, 4.69) is 15.9 Å². The lowest BCUT2D eigenvalue weighted by Gasteiger charge is -2.33. The smallest absolute Gasteiger partial charge is 0.409 e. The lowest BCUT2D eigenvalue weighted by atomic mass is 10.1. The van der Waals surface area contributed by atoms with Crippen LogP contribution in [0, 0.1) is 0 Å². The summed E-state index contributed by atoms with van der Waals surface area (Å²) in [5.74, 6) is -0.454. The van der Waals surface area contributed by atoms with Crippen molar-refractivity contribution in [1.82, 2.24) is 9.80 Å². The van der Waals surface area contributed by atoms with Crippen LogP contribution in [0.25, 0.3) is 0 Å². The van der Waals surface area contributed by atoms with E-state index in [4.69, 9.17) is 4.74 Å². The molecule has 1 aromatic rings. The lowest BCUT2D eigenvalue weighted by molar-refractivity contribution is -0.127. The predicted molar refractivity (Wildman–Crippen MR) is 92.8 cm³/mol. The molecule has 0 bridgehead atoms. The Morgan fingerprint density at radius 3 is 2.21 bits per heavy atom. The minimum atomic E-state index is -0.356. The van der Waals surface area contributed by atoms with Crippen molar-refractivity contribution >= 4 is 33.7 Å². The van der Waals surface area contributed by atoms with Gasteiger partial charge in [-0.3, -0.25) is 9.59 Å². The van der Waals surface area contributed by atoms with Crippen LogP contribution in [0.3, 0.4) is 0 Å². The highest BCUT2D eigenvalue weighted by Gasteiger charge is 2.23. The number of carbonyl (C=O) groups excluding carboxylic acids is 3. The van der Waals surface area contributed by atoms with Crippen LogP contribution in [0.15, 0.2) is 40.9 Å². The van der Waals surface area contributed by atoms with Gasteiger partial charge in [-0.1, -0.05) is 15.9 Å². The zero-order valence-electron chi connectivity index (χ0n) is 13.4. The van der Waals surface area contributed by atoms with Crippen molar-refractivity contribution in [3.63, 3.8) is 0 Å². The molecule has 2 amide bonds. The maximum atomic E-state index is 12.1. The van der Waals surface area contributed by atoms with E-state index in [0.717, 1.165) is 4.47 Å². The van der Waals surface area contributed by atoms with Crippen molar-refractivity contribution in [2.45, 2.75) is 6.92 Å². The number of piperazine rings is 1. The van der Waals surface area contributed by atoms with E-state index in [1.807, 2.05) is 0 Å². The molecule has 0 unspecified atom stereocenters. The number of halogens is 1. The molecule has 2 rings (SSSR count). The number of rotatable bonds is 4. The minimum absolute atomic E-state index is 0.221. The number of hydrogen-bond acceptors (Lipinski definition) is 4. The fourth-order valence-corrected chi connectivity index (χ4v) is 2.55. The Morgan fingerprint density at radius 1 is 1.04 bits per heavy atom. The summed E-state index contributed by atoms with van der Waals surface area (Å²) < 4.78 is 5.82. The van der Waals surface area contributed by atoms with Crippen LogP contribution < -0.4 is 0 Å². The normalized spacial score (nSPS) is 14.8. The molecule has 7 heteroatoms. The van der Waals surface area contributed by atoms with Crippen LogP contribution in [0.5, 0.6) is 0 Å². The van der Waals surface area contributed by atoms with E-state index in [0.29, 0.717) is 38.3 Å². The van der Waals surface area contributed by atoms with Gasteiger partial charge in [-0.05, 0) is 37.3 Å². The van der Waals surface area contributed by atoms with Crippen LogP contribution >= 0.6 is 15.9 Å². The molecule has 0 aromatic heterocycles. The highest BCUT2D eigenvalue weighted by molar-refractivity contribution is 9.10. The number of amides is 2. The molecule has 0 N–H and O–H groups in total. The van der Waals surface area contributed by atoms with Crippen molar-refractivity contribution in [2.24, 2.45) is 0 Å². The zero-order chi connectivity index (χ0) is 17.5. The number of nitrogens with zero attached hydrogens (tertiary/aromatic N) is 2. The van der Waals surface area contributed by atoms with E-state index in [1.165, 1.54) is 12.2 Å². The van der Waals surface area contributed by atoms with E-state index >= 15 is 0 Å². The third kappa shape index (κ3) is 4.92. The molecule has 1 aliphatic heterocycles. The summed E-state index contributed by atoms with van der Waals surface area (Å²) in [5, 5.41) is 0. The second-order valence-corrected chi connectivity index (χ2v) is 6.13. The molecule has 6 nitrogen and oxygen atoms in total. The van der Waals surface area contributed by atoms with Crippen LogP contribution in [0.4, 0.5) is 4.79 Å². The fraction of sp³-hybridized carbons (Fsp3) is 0.353. The predicted octanol–water partition coefficient (Wildman–Crippen LogP) is 2.49. The van der Waals surface area contributed by atoms with Gasteiger partial charge in [-0.15, -0.1) is 0 Å². The molecule has 0 spiro atoms. The summed E-state index contributed by atoms with van der Waals surface area (Å²) in [6.45, 7) is 3.80. The standard InChI is InChI=1S/C17H19BrN2O4/c1-2-24-17(23)20-11-9-19(10-12-20)16(22)8-7-15(21)13-3-5-14(18)6-4-13/h3-8H,2,9-12H2,1H3/b8-7+. The van der Waals surface area contributed by atoms with Gasteiger partial charge in [0.1, 0.15) is 0 Å². The second-order valence-electron chi connectivity index (χ2n) is 5.22. The van der Waals surface area contributed by atoms with E-state index in [1.54, 1.807) is 41.0 Å². The number of ketones is 1. The van der Waals surface area contributed by atoms with Gasteiger partial charge in [-0.2, -0.15) is 0 Å². The monoisotopic (exact) mass is 394 g/mol. The molecular formula is C17H19BrN2O4. The van der Waals surface area contributed by atoms with Crippen molar-refractivity contribution in [2.75, 3.05) is 32.8 Å². The Hall–Kier alpha value is -2.15. The van der Waals surface area contributed by atoms with Gasteiger partial charge in [-0.25, -0.2) is 4.79 Å². The summed E-state index contributed by atoms with van der Waals surface area (Å²) in [5.41, 5.74) is 0.523. The highest BCUT2D eigenvalue weighted by Crippen LogP contribution is 2.11. The maximum Gasteiger partial charge on any atom is 0.409 e. The summed E-state index contributed by atoms with van der Waals surface area (Å²) in [7, 11) is 0. The van der Waals surface area contributed by atoms with E-state index in [-0.39, 0.29) is 17.8 Å². The number of benzene rings is 1. The fourth-order valence-electron chi connectivity index (χ4n) is 2.29. The summed E-state index contributed by atoms with van der Waals surface area (Å²) in [6.07, 6.45) is 2.21. The van der Waals surface area contributed by atoms with E-state index < -0.39 is 0 Å². The number of ether oxygens (including phenoxy) is 1. The van der Waals surface area contributed by atoms with Crippen LogP contribution in [0.1, 0.15) is 17.3 Å². The van der Waals surface area contributed by atoms with Gasteiger partial charge >= 0.3 is 6.09 Å². The van der Waals surface area contributed by atoms with Gasteiger partial charge in [0, 0.05) is 42.3 Å². The lowest BCUT2D eigenvalue weighted by Crippen LogP contribution is -2.50. The number of carbonyl (C=O) groups is 3. The Morgan fingerprint density at radius 2 is 1.62 bits per heavy atom. The average Bonchev–Trinajstić information content (AvgIpc) is 2.60. The quantitative estimate of drug-likeness (QED) is 0.581. The molecule has 128 valence electrons. The van der Waals surface area contributed by atoms with Gasteiger partial charge in [0.15, 0.2) is 5.78 Å². The molecule has 0 saturated carbocycles. The first-order valence-corrected chi connectivity index (χ1v) is 8.49. The van der Waals surface area contributed by atoms with Crippen LogP contribution in [-0.2, 0) is 9.53 Å². The van der Waals surface area contributed by atoms with Crippen molar-refractivity contribution in [3.05, 3.63) is 46.5 Å². The highest BCUT2D eigenvalue weighted by atomic mass is 79.9. The van der Waals surface area contributed by atoms with Crippen LogP contribution in [0.2, 0.25) is 0 Å². The molecular weight excluding hydrogens is 376 g/mol. The Bertz CT molecular complexity index is 634. The largest absolute Gasteiger partial charge is 0.450 e. The number of allylic oxidation sites excluding steroid dienone is 1. The molecule has 1 aliphatic rings. The van der Waals surface area contributed by atoms with Crippen LogP contribution in [-0.4, -0.2) is 60.4 Å². The summed E-state index contributed by atoms with van der Waals surface area (Å²) in [6, 6.07) is 6.94. The van der Waals surface area contributed by atoms with Crippen molar-refractivity contribution < 1.29 is 19.1 Å². The third-order valence-electron chi connectivity index (χ3n) is 3.62. The first kappa shape index (κ1) is 18.2. The summed E-state index contributed by atoms with van der Waals surface area (Å²) >= 11 is 3.31. The van der Waals surface area contributed by atoms with E-state index in [9.17, 15) is 14.4 Å². The molecule has 1 fully saturated rings. The van der Waals surface area contributed by atoms with Gasteiger partial charge in [0.25, 0.3) is 0 Å². The molecule has 1 aromatic carbocycles. The molecule has 24 heavy (non-hydrogen) atoms. The molecule has 0 aliphatic carbocycles. The molecule has 1 saturated heterocycles. The summed E-state index contributed by atoms with van der Waals surface area (Å²) in [4.78, 5) is 38.9. The Balaban J connectivity index is 1.86. The van der Waals surface area contributed by atoms with Crippen molar-refractivity contribution in [3.8, 4) is 0 Å². The maximum absolute atomic E-state index is 12.1. The minimum Gasteiger partial charge on any atom is -0.450 e. The SMILES string of the molecule is CCOC(=O)N1CCN(C(=O)/C=C/C(=O)c2ccc(Br)cc2)CC1.